The Morgan fingerprint density at radius 1 is 0.718 bits per heavy atom. The summed E-state index contributed by atoms with van der Waals surface area (Å²) in [6.07, 6.45) is 1.38. The Labute approximate surface area is 228 Å². The molecule has 0 saturated heterocycles. The lowest BCUT2D eigenvalue weighted by Crippen LogP contribution is -2.08. The highest BCUT2D eigenvalue weighted by atomic mass is 16.5. The quantitative estimate of drug-likeness (QED) is 0.113. The number of hydrogen-bond donors (Lipinski definition) is 0. The van der Waals surface area contributed by atoms with E-state index in [-0.39, 0.29) is 11.6 Å². The van der Waals surface area contributed by atoms with Gasteiger partial charge in [-0.05, 0) is 92.1 Å². The molecule has 1 heterocycles. The van der Waals surface area contributed by atoms with Crippen molar-refractivity contribution in [2.24, 2.45) is 5.92 Å². The maximum Gasteiger partial charge on any atom is 0.343 e. The molecule has 0 aliphatic carbocycles. The summed E-state index contributed by atoms with van der Waals surface area (Å²) in [6, 6.07) is 27.0. The van der Waals surface area contributed by atoms with Gasteiger partial charge in [0.25, 0.3) is 0 Å². The Kier molecular flexibility index (Phi) is 7.42. The Hall–Kier alpha value is -4.51. The van der Waals surface area contributed by atoms with E-state index in [2.05, 4.69) is 25.3 Å². The minimum absolute atomic E-state index is 0.126. The van der Waals surface area contributed by atoms with Gasteiger partial charge in [-0.2, -0.15) is 0 Å². The molecule has 5 heteroatoms. The number of nitrogens with zero attached hydrogens (tertiary/aromatic N) is 1. The predicted octanol–water partition coefficient (Wildman–Crippen LogP) is 7.88. The Morgan fingerprint density at radius 3 is 1.92 bits per heavy atom. The van der Waals surface area contributed by atoms with Gasteiger partial charge < -0.3 is 9.30 Å². The average Bonchev–Trinajstić information content (AvgIpc) is 3.28. The minimum Gasteiger partial charge on any atom is -0.423 e. The van der Waals surface area contributed by atoms with Crippen molar-refractivity contribution in [2.45, 2.75) is 40.2 Å². The number of ketones is 2. The summed E-state index contributed by atoms with van der Waals surface area (Å²) in [4.78, 5) is 38.6. The van der Waals surface area contributed by atoms with E-state index in [1.54, 1.807) is 48.5 Å². The summed E-state index contributed by atoms with van der Waals surface area (Å²) in [5, 5.41) is 1.92. The molecule has 0 atom stereocenters. The Balaban J connectivity index is 1.44. The molecule has 0 saturated carbocycles. The number of carbonyl (C=O) groups excluding carboxylic acids is 3. The van der Waals surface area contributed by atoms with Crippen molar-refractivity contribution >= 4 is 39.3 Å². The van der Waals surface area contributed by atoms with E-state index in [0.29, 0.717) is 40.3 Å². The van der Waals surface area contributed by atoms with Gasteiger partial charge in [0.15, 0.2) is 11.6 Å². The monoisotopic (exact) mass is 517 g/mol. The molecule has 39 heavy (non-hydrogen) atoms. The maximum absolute atomic E-state index is 13.4. The fourth-order valence-corrected chi connectivity index (χ4v) is 4.90. The first-order chi connectivity index (χ1) is 18.9. The van der Waals surface area contributed by atoms with Gasteiger partial charge in [-0.1, -0.05) is 32.0 Å². The molecule has 0 aliphatic rings. The molecule has 4 aromatic carbocycles. The molecule has 0 N–H and O–H groups in total. The van der Waals surface area contributed by atoms with E-state index in [4.69, 9.17) is 4.74 Å². The number of ether oxygens (including phenoxy) is 1. The van der Waals surface area contributed by atoms with Crippen molar-refractivity contribution < 1.29 is 19.1 Å². The first-order valence-electron chi connectivity index (χ1n) is 13.4. The topological polar surface area (TPSA) is 65.4 Å². The second kappa shape index (κ2) is 11.1. The molecule has 0 unspecified atom stereocenters. The molecule has 5 rings (SSSR count). The van der Waals surface area contributed by atoms with Gasteiger partial charge in [-0.25, -0.2) is 4.79 Å². The molecular formula is C34H31NO4. The zero-order valence-corrected chi connectivity index (χ0v) is 22.4. The number of esters is 1. The minimum atomic E-state index is -0.450. The molecular weight excluding hydrogens is 486 g/mol. The average molecular weight is 518 g/mol. The second-order valence-electron chi connectivity index (χ2n) is 10.2. The summed E-state index contributed by atoms with van der Waals surface area (Å²) >= 11 is 0. The van der Waals surface area contributed by atoms with Crippen LogP contribution < -0.4 is 4.74 Å². The van der Waals surface area contributed by atoms with E-state index < -0.39 is 5.97 Å². The van der Waals surface area contributed by atoms with E-state index in [1.807, 2.05) is 42.5 Å². The molecule has 0 radical (unpaired) electrons. The van der Waals surface area contributed by atoms with Crippen molar-refractivity contribution in [3.8, 4) is 5.75 Å². The van der Waals surface area contributed by atoms with Crippen LogP contribution >= 0.6 is 0 Å². The van der Waals surface area contributed by atoms with Gasteiger partial charge in [-0.15, -0.1) is 0 Å². The first-order valence-corrected chi connectivity index (χ1v) is 13.4. The van der Waals surface area contributed by atoms with Crippen LogP contribution in [0.5, 0.6) is 5.75 Å². The van der Waals surface area contributed by atoms with Crippen LogP contribution in [0.25, 0.3) is 21.8 Å². The summed E-state index contributed by atoms with van der Waals surface area (Å²) in [5.41, 5.74) is 4.29. The fourth-order valence-electron chi connectivity index (χ4n) is 4.90. The van der Waals surface area contributed by atoms with Crippen LogP contribution in [-0.2, 0) is 6.54 Å². The van der Waals surface area contributed by atoms with Gasteiger partial charge in [0.1, 0.15) is 5.75 Å². The van der Waals surface area contributed by atoms with Crippen LogP contribution in [0.3, 0.4) is 0 Å². The Morgan fingerprint density at radius 2 is 1.31 bits per heavy atom. The van der Waals surface area contributed by atoms with Crippen molar-refractivity contribution in [1.29, 1.82) is 0 Å². The van der Waals surface area contributed by atoms with Gasteiger partial charge in [0.05, 0.1) is 5.56 Å². The number of fused-ring (bicyclic) bond motifs is 3. The Bertz CT molecular complexity index is 1680. The largest absolute Gasteiger partial charge is 0.423 e. The smallest absolute Gasteiger partial charge is 0.343 e. The molecule has 0 aliphatic heterocycles. The summed E-state index contributed by atoms with van der Waals surface area (Å²) in [5.74, 6) is 0.409. The van der Waals surface area contributed by atoms with Gasteiger partial charge in [0.2, 0.25) is 0 Å². The highest BCUT2D eigenvalue weighted by Crippen LogP contribution is 2.32. The van der Waals surface area contributed by atoms with Crippen LogP contribution in [0.15, 0.2) is 91.0 Å². The lowest BCUT2D eigenvalue weighted by molar-refractivity contribution is 0.0734. The number of carbonyl (C=O) groups is 3. The third kappa shape index (κ3) is 5.39. The van der Waals surface area contributed by atoms with Gasteiger partial charge >= 0.3 is 5.97 Å². The molecule has 5 nitrogen and oxygen atoms in total. The second-order valence-corrected chi connectivity index (χ2v) is 10.2. The van der Waals surface area contributed by atoms with Crippen molar-refractivity contribution in [3.05, 3.63) is 113 Å². The highest BCUT2D eigenvalue weighted by molar-refractivity contribution is 6.15. The number of hydrogen-bond acceptors (Lipinski definition) is 4. The van der Waals surface area contributed by atoms with Gasteiger partial charge in [-0.3, -0.25) is 9.59 Å². The molecule has 0 spiro atoms. The summed E-state index contributed by atoms with van der Waals surface area (Å²) in [6.45, 7) is 7.10. The highest BCUT2D eigenvalue weighted by Gasteiger charge is 2.17. The molecule has 0 fully saturated rings. The van der Waals surface area contributed by atoms with E-state index >= 15 is 0 Å². The zero-order valence-electron chi connectivity index (χ0n) is 22.4. The standard InChI is InChI=1S/C34H31NO4/c1-4-35-30-17-13-25(32(36)19-10-22(2)3)20-28(30)29-21-26(14-18-31(29)35)33(37)23-11-15-27(16-12-23)39-34(38)24-8-6-5-7-9-24/h5-9,11-18,20-22H,4,10,19H2,1-3H3. The normalized spacial score (nSPS) is 11.3. The number of rotatable bonds is 9. The van der Waals surface area contributed by atoms with Crippen LogP contribution in [0.2, 0.25) is 0 Å². The zero-order chi connectivity index (χ0) is 27.5. The number of aromatic nitrogens is 1. The van der Waals surface area contributed by atoms with E-state index in [0.717, 1.165) is 34.8 Å². The van der Waals surface area contributed by atoms with E-state index in [1.165, 1.54) is 0 Å². The van der Waals surface area contributed by atoms with Gasteiger partial charge in [0, 0.05) is 51.5 Å². The number of benzene rings is 4. The molecule has 196 valence electrons. The molecule has 1 aromatic heterocycles. The summed E-state index contributed by atoms with van der Waals surface area (Å²) < 4.78 is 7.65. The molecule has 0 amide bonds. The van der Waals surface area contributed by atoms with Crippen molar-refractivity contribution in [1.82, 2.24) is 4.57 Å². The number of Topliss-reactive ketones (excluding diaryl/α,β-unsaturated/α-hetero) is 1. The van der Waals surface area contributed by atoms with Crippen LogP contribution in [0.1, 0.15) is 70.3 Å². The van der Waals surface area contributed by atoms with Crippen molar-refractivity contribution in [3.63, 3.8) is 0 Å². The van der Waals surface area contributed by atoms with Crippen LogP contribution in [-0.4, -0.2) is 22.1 Å². The third-order valence-corrected chi connectivity index (χ3v) is 7.05. The van der Waals surface area contributed by atoms with Crippen LogP contribution in [0, 0.1) is 5.92 Å². The number of aryl methyl sites for hydroxylation is 1. The first kappa shape index (κ1) is 26.1. The fraction of sp³-hybridized carbons (Fsp3) is 0.206. The maximum atomic E-state index is 13.4. The predicted molar refractivity (Wildman–Crippen MR) is 155 cm³/mol. The lowest BCUT2D eigenvalue weighted by atomic mass is 9.98. The molecule has 5 aromatic rings. The lowest BCUT2D eigenvalue weighted by Gasteiger charge is -2.07. The SMILES string of the molecule is CCn1c2ccc(C(=O)CCC(C)C)cc2c2cc(C(=O)c3ccc(OC(=O)c4ccccc4)cc3)ccc21. The van der Waals surface area contributed by atoms with Crippen molar-refractivity contribution in [2.75, 3.05) is 0 Å². The third-order valence-electron chi connectivity index (χ3n) is 7.05. The van der Waals surface area contributed by atoms with Crippen LogP contribution in [0.4, 0.5) is 0 Å². The molecule has 0 bridgehead atoms. The summed E-state index contributed by atoms with van der Waals surface area (Å²) in [7, 11) is 0. The van der Waals surface area contributed by atoms with E-state index in [9.17, 15) is 14.4 Å².